The Balaban J connectivity index is 2.47. The highest BCUT2D eigenvalue weighted by molar-refractivity contribution is 6.31. The van der Waals surface area contributed by atoms with Crippen molar-refractivity contribution in [2.24, 2.45) is 5.73 Å². The minimum atomic E-state index is -0.654. The summed E-state index contributed by atoms with van der Waals surface area (Å²) in [6.45, 7) is 2.70. The van der Waals surface area contributed by atoms with Gasteiger partial charge in [-0.1, -0.05) is 17.7 Å². The van der Waals surface area contributed by atoms with Crippen LogP contribution in [0.2, 0.25) is 5.02 Å². The van der Waals surface area contributed by atoms with Crippen molar-refractivity contribution in [3.63, 3.8) is 0 Å². The number of nitrogens with two attached hydrogens (primary N) is 1. The molecule has 1 atom stereocenters. The summed E-state index contributed by atoms with van der Waals surface area (Å²) in [6, 6.07) is 3.87. The number of nitrogens with zero attached hydrogens (tertiary/aromatic N) is 2. The Kier molecular flexibility index (Phi) is 3.45. The van der Waals surface area contributed by atoms with Gasteiger partial charge in [0, 0.05) is 29.5 Å². The van der Waals surface area contributed by atoms with E-state index in [4.69, 9.17) is 17.3 Å². The smallest absolute Gasteiger partial charge is 0.130 e. The number of aryl methyl sites for hydroxylation is 1. The van der Waals surface area contributed by atoms with Gasteiger partial charge in [0.2, 0.25) is 0 Å². The molecule has 5 heteroatoms. The normalized spacial score (nSPS) is 12.7. The van der Waals surface area contributed by atoms with Gasteiger partial charge < -0.3 is 10.3 Å². The van der Waals surface area contributed by atoms with E-state index in [1.807, 2.05) is 17.7 Å². The maximum atomic E-state index is 13.7. The van der Waals surface area contributed by atoms with Gasteiger partial charge in [0.1, 0.15) is 11.6 Å². The predicted octanol–water partition coefficient (Wildman–Crippen LogP) is 2.74. The molecule has 2 N–H and O–H groups in total. The third-order valence-corrected chi connectivity index (χ3v) is 3.01. The van der Waals surface area contributed by atoms with Crippen molar-refractivity contribution >= 4 is 11.6 Å². The Morgan fingerprint density at radius 2 is 2.29 bits per heavy atom. The fourth-order valence-corrected chi connectivity index (χ4v) is 2.08. The lowest BCUT2D eigenvalue weighted by Crippen LogP contribution is -2.19. The van der Waals surface area contributed by atoms with Crippen molar-refractivity contribution in [2.45, 2.75) is 19.5 Å². The second-order valence-corrected chi connectivity index (χ2v) is 4.09. The number of rotatable bonds is 3. The molecule has 0 aliphatic heterocycles. The van der Waals surface area contributed by atoms with Crippen molar-refractivity contribution in [2.75, 3.05) is 0 Å². The molecule has 90 valence electrons. The Morgan fingerprint density at radius 3 is 2.94 bits per heavy atom. The maximum Gasteiger partial charge on any atom is 0.130 e. The van der Waals surface area contributed by atoms with Crippen molar-refractivity contribution in [3.05, 3.63) is 52.8 Å². The second-order valence-electron chi connectivity index (χ2n) is 3.68. The quantitative estimate of drug-likeness (QED) is 0.914. The van der Waals surface area contributed by atoms with Crippen LogP contribution in [0.4, 0.5) is 4.39 Å². The fraction of sp³-hybridized carbons (Fsp3) is 0.250. The van der Waals surface area contributed by atoms with E-state index >= 15 is 0 Å². The highest BCUT2D eigenvalue weighted by atomic mass is 35.5. The first-order chi connectivity index (χ1) is 8.15. The van der Waals surface area contributed by atoms with Gasteiger partial charge in [-0.2, -0.15) is 0 Å². The maximum absolute atomic E-state index is 13.7. The lowest BCUT2D eigenvalue weighted by Gasteiger charge is -2.15. The molecule has 1 aromatic carbocycles. The molecular weight excluding hydrogens is 241 g/mol. The van der Waals surface area contributed by atoms with Crippen LogP contribution < -0.4 is 5.73 Å². The average molecular weight is 254 g/mol. The van der Waals surface area contributed by atoms with Gasteiger partial charge in [-0.25, -0.2) is 9.37 Å². The van der Waals surface area contributed by atoms with Crippen LogP contribution >= 0.6 is 11.6 Å². The van der Waals surface area contributed by atoms with Crippen LogP contribution in [0.15, 0.2) is 30.6 Å². The lowest BCUT2D eigenvalue weighted by molar-refractivity contribution is 0.581. The number of imidazole rings is 1. The molecule has 0 bridgehead atoms. The van der Waals surface area contributed by atoms with Crippen LogP contribution in [0.25, 0.3) is 0 Å². The first-order valence-corrected chi connectivity index (χ1v) is 5.73. The summed E-state index contributed by atoms with van der Waals surface area (Å²) in [5.41, 5.74) is 6.32. The standard InChI is InChI=1S/C12H13ClFN3/c1-2-17-7-6-16-12(17)11(15)10-8(13)4-3-5-9(10)14/h3-7,11H,2,15H2,1H3. The van der Waals surface area contributed by atoms with Gasteiger partial charge in [-0.3, -0.25) is 0 Å². The zero-order valence-electron chi connectivity index (χ0n) is 9.40. The molecule has 1 heterocycles. The molecule has 0 saturated heterocycles. The van der Waals surface area contributed by atoms with Crippen LogP contribution in [0.5, 0.6) is 0 Å². The van der Waals surface area contributed by atoms with E-state index < -0.39 is 11.9 Å². The minimum Gasteiger partial charge on any atom is -0.334 e. The number of halogens is 2. The molecule has 1 aromatic heterocycles. The summed E-state index contributed by atoms with van der Waals surface area (Å²) in [7, 11) is 0. The Morgan fingerprint density at radius 1 is 1.53 bits per heavy atom. The molecule has 0 aliphatic carbocycles. The zero-order chi connectivity index (χ0) is 12.4. The molecule has 2 rings (SSSR count). The minimum absolute atomic E-state index is 0.287. The van der Waals surface area contributed by atoms with E-state index in [2.05, 4.69) is 4.98 Å². The third kappa shape index (κ3) is 2.18. The van der Waals surface area contributed by atoms with Gasteiger partial charge in [0.05, 0.1) is 6.04 Å². The van der Waals surface area contributed by atoms with Gasteiger partial charge in [0.25, 0.3) is 0 Å². The van der Waals surface area contributed by atoms with E-state index in [9.17, 15) is 4.39 Å². The summed E-state index contributed by atoms with van der Waals surface area (Å²) in [5.74, 6) is 0.204. The Labute approximate surface area is 104 Å². The highest BCUT2D eigenvalue weighted by Gasteiger charge is 2.20. The first-order valence-electron chi connectivity index (χ1n) is 5.35. The molecule has 0 saturated carbocycles. The summed E-state index contributed by atoms with van der Waals surface area (Å²) < 4.78 is 15.6. The van der Waals surface area contributed by atoms with E-state index in [1.165, 1.54) is 6.07 Å². The van der Waals surface area contributed by atoms with E-state index in [1.54, 1.807) is 18.3 Å². The Bertz CT molecular complexity index is 504. The van der Waals surface area contributed by atoms with Gasteiger partial charge in [-0.05, 0) is 19.1 Å². The van der Waals surface area contributed by atoms with Crippen molar-refractivity contribution in [3.8, 4) is 0 Å². The van der Waals surface area contributed by atoms with Crippen LogP contribution in [0.1, 0.15) is 24.4 Å². The summed E-state index contributed by atoms with van der Waals surface area (Å²) in [5, 5.41) is 0.322. The molecule has 0 amide bonds. The predicted molar refractivity (Wildman–Crippen MR) is 65.3 cm³/mol. The molecule has 3 nitrogen and oxygen atoms in total. The molecule has 0 fully saturated rings. The highest BCUT2D eigenvalue weighted by Crippen LogP contribution is 2.28. The van der Waals surface area contributed by atoms with Gasteiger partial charge in [0.15, 0.2) is 0 Å². The van der Waals surface area contributed by atoms with E-state index in [0.717, 1.165) is 6.54 Å². The summed E-state index contributed by atoms with van der Waals surface area (Å²) in [4.78, 5) is 4.16. The zero-order valence-corrected chi connectivity index (χ0v) is 10.2. The van der Waals surface area contributed by atoms with Crippen LogP contribution in [0.3, 0.4) is 0 Å². The topological polar surface area (TPSA) is 43.8 Å². The largest absolute Gasteiger partial charge is 0.334 e. The van der Waals surface area contributed by atoms with Gasteiger partial charge >= 0.3 is 0 Å². The van der Waals surface area contributed by atoms with Crippen LogP contribution in [0, 0.1) is 5.82 Å². The molecule has 0 radical (unpaired) electrons. The summed E-state index contributed by atoms with van der Waals surface area (Å²) >= 11 is 5.98. The second kappa shape index (κ2) is 4.85. The van der Waals surface area contributed by atoms with E-state index in [-0.39, 0.29) is 5.56 Å². The SMILES string of the molecule is CCn1ccnc1C(N)c1c(F)cccc1Cl. The fourth-order valence-electron chi connectivity index (χ4n) is 1.80. The third-order valence-electron chi connectivity index (χ3n) is 2.68. The molecule has 0 aliphatic rings. The van der Waals surface area contributed by atoms with Crippen molar-refractivity contribution < 1.29 is 4.39 Å². The number of aromatic nitrogens is 2. The summed E-state index contributed by atoms with van der Waals surface area (Å²) in [6.07, 6.45) is 3.46. The Hall–Kier alpha value is -1.39. The molecule has 2 aromatic rings. The number of benzene rings is 1. The van der Waals surface area contributed by atoms with Crippen LogP contribution in [-0.2, 0) is 6.54 Å². The molecular formula is C12H13ClFN3. The average Bonchev–Trinajstić information content (AvgIpc) is 2.76. The first kappa shape index (κ1) is 12.1. The number of hydrogen-bond acceptors (Lipinski definition) is 2. The molecule has 1 unspecified atom stereocenters. The van der Waals surface area contributed by atoms with Crippen LogP contribution in [-0.4, -0.2) is 9.55 Å². The van der Waals surface area contributed by atoms with Gasteiger partial charge in [-0.15, -0.1) is 0 Å². The van der Waals surface area contributed by atoms with E-state index in [0.29, 0.717) is 10.8 Å². The number of hydrogen-bond donors (Lipinski definition) is 1. The van der Waals surface area contributed by atoms with Crippen molar-refractivity contribution in [1.29, 1.82) is 0 Å². The van der Waals surface area contributed by atoms with Crippen molar-refractivity contribution in [1.82, 2.24) is 9.55 Å². The lowest BCUT2D eigenvalue weighted by atomic mass is 10.1. The molecule has 17 heavy (non-hydrogen) atoms. The monoisotopic (exact) mass is 253 g/mol. The molecule has 0 spiro atoms.